The summed E-state index contributed by atoms with van der Waals surface area (Å²) in [7, 11) is 7.05. The molecule has 1 aromatic heterocycles. The molecule has 40 heavy (non-hydrogen) atoms. The first kappa shape index (κ1) is 30.1. The lowest BCUT2D eigenvalue weighted by Gasteiger charge is -2.21. The number of carbonyl (C=O) groups excluding carboxylic acids is 2. The number of pyridine rings is 1. The molecule has 0 aliphatic carbocycles. The van der Waals surface area contributed by atoms with E-state index in [1.54, 1.807) is 18.0 Å². The maximum absolute atomic E-state index is 15.1. The monoisotopic (exact) mass is 564 g/mol. The number of methoxy groups -OCH3 is 1. The Morgan fingerprint density at radius 3 is 2.40 bits per heavy atom. The minimum Gasteiger partial charge on any atom is -0.495 e. The van der Waals surface area contributed by atoms with Crippen molar-refractivity contribution in [2.75, 3.05) is 52.0 Å². The number of carbonyl (C=O) groups is 2. The van der Waals surface area contributed by atoms with Gasteiger partial charge in [-0.1, -0.05) is 23.6 Å². The molecular formula is C29H30ClFN6O3. The van der Waals surface area contributed by atoms with E-state index in [1.807, 2.05) is 19.0 Å². The van der Waals surface area contributed by atoms with Crippen LogP contribution in [0.5, 0.6) is 5.75 Å². The van der Waals surface area contributed by atoms with Crippen LogP contribution in [0.1, 0.15) is 38.3 Å². The number of amidine groups is 1. The number of ether oxygens (including phenoxy) is 1. The van der Waals surface area contributed by atoms with Crippen LogP contribution in [0, 0.1) is 23.6 Å². The normalized spacial score (nSPS) is 10.6. The van der Waals surface area contributed by atoms with Crippen LogP contribution in [0.4, 0.5) is 15.9 Å². The van der Waals surface area contributed by atoms with E-state index in [2.05, 4.69) is 21.5 Å². The fourth-order valence-corrected chi connectivity index (χ4v) is 3.90. The summed E-state index contributed by atoms with van der Waals surface area (Å²) in [4.78, 5) is 34.2. The summed E-state index contributed by atoms with van der Waals surface area (Å²) >= 11 is 5.86. The SMILES string of the molecule is C#Cc1cc(OC)c(NC(=O)c2ccc(C(=N)N(C)CCCN(C)C)cc2F)c(C(=O)Nc2ccc(Cl)cn2)c1. The molecule has 1 heterocycles. The van der Waals surface area contributed by atoms with Crippen molar-refractivity contribution >= 4 is 40.8 Å². The summed E-state index contributed by atoms with van der Waals surface area (Å²) < 4.78 is 20.5. The number of aromatic nitrogens is 1. The molecule has 208 valence electrons. The van der Waals surface area contributed by atoms with Gasteiger partial charge in [-0.2, -0.15) is 0 Å². The quantitative estimate of drug-likeness (QED) is 0.189. The fraction of sp³-hybridized carbons (Fsp3) is 0.241. The third kappa shape index (κ3) is 7.56. The number of hydrogen-bond donors (Lipinski definition) is 3. The number of nitrogens with one attached hydrogen (secondary N) is 3. The summed E-state index contributed by atoms with van der Waals surface area (Å²) in [5.41, 5.74) is 0.353. The highest BCUT2D eigenvalue weighted by Crippen LogP contribution is 2.32. The number of nitrogens with zero attached hydrogens (tertiary/aromatic N) is 3. The topological polar surface area (TPSA) is 111 Å². The lowest BCUT2D eigenvalue weighted by molar-refractivity contribution is 0.102. The van der Waals surface area contributed by atoms with Gasteiger partial charge in [0.1, 0.15) is 23.2 Å². The average Bonchev–Trinajstić information content (AvgIpc) is 2.93. The Morgan fingerprint density at radius 2 is 1.80 bits per heavy atom. The molecule has 3 N–H and O–H groups in total. The molecule has 0 radical (unpaired) electrons. The molecule has 0 saturated heterocycles. The van der Waals surface area contributed by atoms with Gasteiger partial charge >= 0.3 is 0 Å². The highest BCUT2D eigenvalue weighted by molar-refractivity contribution is 6.30. The zero-order valence-electron chi connectivity index (χ0n) is 22.6. The van der Waals surface area contributed by atoms with E-state index in [1.165, 1.54) is 43.6 Å². The van der Waals surface area contributed by atoms with Crippen LogP contribution in [0.2, 0.25) is 5.02 Å². The number of amides is 2. The van der Waals surface area contributed by atoms with E-state index in [4.69, 9.17) is 28.2 Å². The molecule has 0 fully saturated rings. The van der Waals surface area contributed by atoms with E-state index < -0.39 is 17.6 Å². The largest absolute Gasteiger partial charge is 0.495 e. The van der Waals surface area contributed by atoms with Gasteiger partial charge in [0.2, 0.25) is 0 Å². The molecule has 2 aromatic carbocycles. The number of rotatable bonds is 10. The van der Waals surface area contributed by atoms with Gasteiger partial charge in [0.05, 0.1) is 28.9 Å². The summed E-state index contributed by atoms with van der Waals surface area (Å²) in [5.74, 6) is 0.616. The zero-order chi connectivity index (χ0) is 29.4. The highest BCUT2D eigenvalue weighted by atomic mass is 35.5. The molecule has 0 aliphatic heterocycles. The van der Waals surface area contributed by atoms with Gasteiger partial charge in [-0.05, 0) is 63.5 Å². The van der Waals surface area contributed by atoms with Crippen molar-refractivity contribution in [3.63, 3.8) is 0 Å². The molecule has 0 atom stereocenters. The molecule has 0 unspecified atom stereocenters. The highest BCUT2D eigenvalue weighted by Gasteiger charge is 2.22. The predicted molar refractivity (Wildman–Crippen MR) is 155 cm³/mol. The van der Waals surface area contributed by atoms with Crippen LogP contribution < -0.4 is 15.4 Å². The standard InChI is InChI=1S/C29H30ClFN6O3/c1-6-18-14-22(29(39)34-25-11-9-20(30)17-33-25)26(24(15-18)40-5)35-28(38)21-10-8-19(16-23(21)31)27(32)37(4)13-7-12-36(2)3/h1,8-11,14-17,32H,7,12-13H2,2-5H3,(H,35,38)(H,33,34,39). The number of anilines is 2. The summed E-state index contributed by atoms with van der Waals surface area (Å²) in [6.07, 6.45) is 7.75. The van der Waals surface area contributed by atoms with E-state index in [0.29, 0.717) is 22.7 Å². The van der Waals surface area contributed by atoms with Gasteiger partial charge in [0, 0.05) is 30.9 Å². The lowest BCUT2D eigenvalue weighted by atomic mass is 10.0. The van der Waals surface area contributed by atoms with Crippen molar-refractivity contribution in [2.45, 2.75) is 6.42 Å². The maximum Gasteiger partial charge on any atom is 0.259 e. The van der Waals surface area contributed by atoms with Crippen LogP contribution in [0.3, 0.4) is 0 Å². The van der Waals surface area contributed by atoms with Gasteiger partial charge in [-0.15, -0.1) is 6.42 Å². The Hall–Kier alpha value is -4.46. The van der Waals surface area contributed by atoms with Crippen molar-refractivity contribution in [2.24, 2.45) is 0 Å². The van der Waals surface area contributed by atoms with Crippen LogP contribution in [0.25, 0.3) is 0 Å². The van der Waals surface area contributed by atoms with Crippen molar-refractivity contribution in [1.82, 2.24) is 14.8 Å². The van der Waals surface area contributed by atoms with Crippen molar-refractivity contribution < 1.29 is 18.7 Å². The third-order valence-corrected chi connectivity index (χ3v) is 6.13. The molecule has 11 heteroatoms. The van der Waals surface area contributed by atoms with E-state index >= 15 is 4.39 Å². The van der Waals surface area contributed by atoms with Crippen LogP contribution >= 0.6 is 11.6 Å². The molecule has 9 nitrogen and oxygen atoms in total. The summed E-state index contributed by atoms with van der Waals surface area (Å²) in [6, 6.07) is 9.87. The Balaban J connectivity index is 1.87. The minimum absolute atomic E-state index is 0.00481. The smallest absolute Gasteiger partial charge is 0.259 e. The first-order valence-corrected chi connectivity index (χ1v) is 12.6. The summed E-state index contributed by atoms with van der Waals surface area (Å²) in [6.45, 7) is 1.47. The molecule has 3 rings (SSSR count). The number of benzene rings is 2. The molecule has 0 bridgehead atoms. The molecular weight excluding hydrogens is 535 g/mol. The second-order valence-electron chi connectivity index (χ2n) is 9.14. The number of terminal acetylenes is 1. The first-order valence-electron chi connectivity index (χ1n) is 12.2. The van der Waals surface area contributed by atoms with Gasteiger partial charge in [0.25, 0.3) is 11.8 Å². The number of hydrogen-bond acceptors (Lipinski definition) is 6. The number of halogens is 2. The predicted octanol–water partition coefficient (Wildman–Crippen LogP) is 4.58. The zero-order valence-corrected chi connectivity index (χ0v) is 23.4. The van der Waals surface area contributed by atoms with Crippen molar-refractivity contribution in [3.8, 4) is 18.1 Å². The molecule has 0 aliphatic rings. The van der Waals surface area contributed by atoms with Crippen LogP contribution in [0.15, 0.2) is 48.7 Å². The van der Waals surface area contributed by atoms with E-state index in [-0.39, 0.29) is 34.2 Å². The first-order chi connectivity index (χ1) is 19.0. The van der Waals surface area contributed by atoms with Crippen LogP contribution in [-0.2, 0) is 0 Å². The van der Waals surface area contributed by atoms with Crippen molar-refractivity contribution in [1.29, 1.82) is 5.41 Å². The van der Waals surface area contributed by atoms with E-state index in [0.717, 1.165) is 19.0 Å². The molecule has 0 saturated carbocycles. The van der Waals surface area contributed by atoms with Gasteiger partial charge in [0.15, 0.2) is 0 Å². The van der Waals surface area contributed by atoms with Crippen LogP contribution in [-0.4, -0.2) is 73.8 Å². The lowest BCUT2D eigenvalue weighted by Crippen LogP contribution is -2.30. The van der Waals surface area contributed by atoms with E-state index in [9.17, 15) is 9.59 Å². The maximum atomic E-state index is 15.1. The molecule has 0 spiro atoms. The summed E-state index contributed by atoms with van der Waals surface area (Å²) in [5, 5.41) is 14.0. The van der Waals surface area contributed by atoms with Gasteiger partial charge in [-0.25, -0.2) is 9.37 Å². The minimum atomic E-state index is -0.822. The third-order valence-electron chi connectivity index (χ3n) is 5.91. The van der Waals surface area contributed by atoms with Crippen molar-refractivity contribution in [3.05, 3.63) is 81.8 Å². The van der Waals surface area contributed by atoms with Gasteiger partial charge < -0.3 is 25.2 Å². The van der Waals surface area contributed by atoms with Gasteiger partial charge in [-0.3, -0.25) is 15.0 Å². The average molecular weight is 565 g/mol. The second-order valence-corrected chi connectivity index (χ2v) is 9.57. The Kier molecular flexibility index (Phi) is 10.2. The Labute approximate surface area is 237 Å². The molecule has 2 amide bonds. The molecule has 3 aromatic rings. The Morgan fingerprint density at radius 1 is 1.07 bits per heavy atom. The fourth-order valence-electron chi connectivity index (χ4n) is 3.78. The Bertz CT molecular complexity index is 1450. The second kappa shape index (κ2) is 13.6.